The largest absolute Gasteiger partial charge is 0.252 e. The highest BCUT2D eigenvalue weighted by atomic mass is 14.7. The maximum Gasteiger partial charge on any atom is 0.0789 e. The number of hydrogen-bond acceptors (Lipinski definition) is 1. The summed E-state index contributed by atoms with van der Waals surface area (Å²) in [4.78, 5) is 5.00. The van der Waals surface area contributed by atoms with Crippen molar-refractivity contribution in [3.05, 3.63) is 89.6 Å². The van der Waals surface area contributed by atoms with Gasteiger partial charge < -0.3 is 0 Å². The van der Waals surface area contributed by atoms with Crippen LogP contribution in [0.3, 0.4) is 0 Å². The first kappa shape index (κ1) is 15.6. The zero-order valence-corrected chi connectivity index (χ0v) is 14.9. The Kier molecular flexibility index (Phi) is 3.85. The van der Waals surface area contributed by atoms with Crippen molar-refractivity contribution in [2.45, 2.75) is 20.8 Å². The second-order valence-electron chi connectivity index (χ2n) is 6.70. The van der Waals surface area contributed by atoms with Crippen molar-refractivity contribution in [2.24, 2.45) is 0 Å². The molecular weight excluding hydrogens is 302 g/mol. The van der Waals surface area contributed by atoms with Crippen LogP contribution < -0.4 is 0 Å². The van der Waals surface area contributed by atoms with Crippen LogP contribution in [0.15, 0.2) is 72.8 Å². The fourth-order valence-corrected chi connectivity index (χ4v) is 3.36. The Hall–Kier alpha value is -2.93. The van der Waals surface area contributed by atoms with E-state index in [4.69, 9.17) is 4.98 Å². The standard InChI is InChI=1S/C24H21N/c1-16-8-12-19(13-9-16)23-22-7-5-4-6-21(22)18(3)25-24(23)20-14-10-17(2)11-15-20/h4-15H,1-3H3. The zero-order chi connectivity index (χ0) is 17.4. The molecule has 0 unspecified atom stereocenters. The summed E-state index contributed by atoms with van der Waals surface area (Å²) in [6, 6.07) is 25.9. The second kappa shape index (κ2) is 6.18. The molecule has 1 aromatic heterocycles. The van der Waals surface area contributed by atoms with Gasteiger partial charge in [-0.3, -0.25) is 4.98 Å². The van der Waals surface area contributed by atoms with E-state index in [1.807, 2.05) is 0 Å². The van der Waals surface area contributed by atoms with Gasteiger partial charge in [0, 0.05) is 22.2 Å². The first-order valence-corrected chi connectivity index (χ1v) is 8.67. The Bertz CT molecular complexity index is 1040. The van der Waals surface area contributed by atoms with E-state index in [1.54, 1.807) is 0 Å². The fraction of sp³-hybridized carbons (Fsp3) is 0.125. The maximum absolute atomic E-state index is 5.00. The first-order chi connectivity index (χ1) is 12.1. The molecule has 0 aliphatic heterocycles. The van der Waals surface area contributed by atoms with Crippen LogP contribution in [0.1, 0.15) is 16.8 Å². The molecule has 25 heavy (non-hydrogen) atoms. The van der Waals surface area contributed by atoms with Gasteiger partial charge >= 0.3 is 0 Å². The maximum atomic E-state index is 5.00. The molecule has 0 spiro atoms. The van der Waals surface area contributed by atoms with E-state index in [-0.39, 0.29) is 0 Å². The second-order valence-corrected chi connectivity index (χ2v) is 6.70. The number of hydrogen-bond donors (Lipinski definition) is 0. The summed E-state index contributed by atoms with van der Waals surface area (Å²) < 4.78 is 0. The van der Waals surface area contributed by atoms with Crippen LogP contribution in [0.5, 0.6) is 0 Å². The van der Waals surface area contributed by atoms with Crippen LogP contribution in [0, 0.1) is 20.8 Å². The third-order valence-corrected chi connectivity index (χ3v) is 4.77. The van der Waals surface area contributed by atoms with Gasteiger partial charge in [0.05, 0.1) is 5.69 Å². The van der Waals surface area contributed by atoms with Gasteiger partial charge in [0.25, 0.3) is 0 Å². The topological polar surface area (TPSA) is 12.9 Å². The lowest BCUT2D eigenvalue weighted by Crippen LogP contribution is -1.95. The van der Waals surface area contributed by atoms with Gasteiger partial charge in [-0.2, -0.15) is 0 Å². The Morgan fingerprint density at radius 3 is 1.68 bits per heavy atom. The number of nitrogens with zero attached hydrogens (tertiary/aromatic N) is 1. The van der Waals surface area contributed by atoms with Crippen molar-refractivity contribution in [1.82, 2.24) is 4.98 Å². The van der Waals surface area contributed by atoms with Crippen molar-refractivity contribution >= 4 is 10.8 Å². The summed E-state index contributed by atoms with van der Waals surface area (Å²) in [7, 11) is 0. The highest BCUT2D eigenvalue weighted by molar-refractivity contribution is 6.03. The van der Waals surface area contributed by atoms with E-state index in [9.17, 15) is 0 Å². The number of fused-ring (bicyclic) bond motifs is 1. The molecule has 122 valence electrons. The quantitative estimate of drug-likeness (QED) is 0.410. The van der Waals surface area contributed by atoms with Crippen molar-refractivity contribution in [3.8, 4) is 22.4 Å². The Morgan fingerprint density at radius 2 is 1.08 bits per heavy atom. The molecule has 0 saturated heterocycles. The third-order valence-electron chi connectivity index (χ3n) is 4.77. The Morgan fingerprint density at radius 1 is 0.560 bits per heavy atom. The first-order valence-electron chi connectivity index (χ1n) is 8.67. The van der Waals surface area contributed by atoms with Gasteiger partial charge in [0.1, 0.15) is 0 Å². The summed E-state index contributed by atoms with van der Waals surface area (Å²) >= 11 is 0. The molecule has 1 nitrogen and oxygen atoms in total. The van der Waals surface area contributed by atoms with Gasteiger partial charge in [0.15, 0.2) is 0 Å². The van der Waals surface area contributed by atoms with E-state index < -0.39 is 0 Å². The summed E-state index contributed by atoms with van der Waals surface area (Å²) in [5.41, 5.74) is 8.25. The van der Waals surface area contributed by atoms with E-state index in [0.29, 0.717) is 0 Å². The third kappa shape index (κ3) is 2.83. The van der Waals surface area contributed by atoms with Crippen molar-refractivity contribution in [2.75, 3.05) is 0 Å². The summed E-state index contributed by atoms with van der Waals surface area (Å²) in [6.07, 6.45) is 0. The predicted octanol–water partition coefficient (Wildman–Crippen LogP) is 6.49. The van der Waals surface area contributed by atoms with E-state index in [2.05, 4.69) is 93.6 Å². The number of pyridine rings is 1. The molecule has 0 radical (unpaired) electrons. The van der Waals surface area contributed by atoms with E-state index in [0.717, 1.165) is 17.0 Å². The lowest BCUT2D eigenvalue weighted by atomic mass is 9.92. The molecule has 0 aliphatic rings. The van der Waals surface area contributed by atoms with E-state index in [1.165, 1.54) is 33.0 Å². The molecule has 0 bridgehead atoms. The minimum Gasteiger partial charge on any atom is -0.252 e. The molecule has 4 rings (SSSR count). The van der Waals surface area contributed by atoms with Crippen molar-refractivity contribution < 1.29 is 0 Å². The highest BCUT2D eigenvalue weighted by Gasteiger charge is 2.15. The van der Waals surface area contributed by atoms with Gasteiger partial charge in [0.2, 0.25) is 0 Å². The summed E-state index contributed by atoms with van der Waals surface area (Å²) in [6.45, 7) is 6.33. The molecule has 4 aromatic rings. The number of benzene rings is 3. The van der Waals surface area contributed by atoms with Gasteiger partial charge in [-0.05, 0) is 31.7 Å². The highest BCUT2D eigenvalue weighted by Crippen LogP contribution is 2.37. The number of rotatable bonds is 2. The van der Waals surface area contributed by atoms with Crippen molar-refractivity contribution in [3.63, 3.8) is 0 Å². The van der Waals surface area contributed by atoms with Crippen LogP contribution in [0.4, 0.5) is 0 Å². The van der Waals surface area contributed by atoms with Crippen LogP contribution >= 0.6 is 0 Å². The normalized spacial score (nSPS) is 11.0. The fourth-order valence-electron chi connectivity index (χ4n) is 3.36. The molecule has 0 saturated carbocycles. The lowest BCUT2D eigenvalue weighted by Gasteiger charge is -2.15. The molecule has 0 N–H and O–H groups in total. The van der Waals surface area contributed by atoms with Crippen molar-refractivity contribution in [1.29, 1.82) is 0 Å². The predicted molar refractivity (Wildman–Crippen MR) is 107 cm³/mol. The molecule has 0 fully saturated rings. The Labute approximate surface area is 149 Å². The van der Waals surface area contributed by atoms with Gasteiger partial charge in [-0.1, -0.05) is 83.9 Å². The van der Waals surface area contributed by atoms with Gasteiger partial charge in [-0.25, -0.2) is 0 Å². The van der Waals surface area contributed by atoms with Crippen LogP contribution in [0.25, 0.3) is 33.2 Å². The Balaban J connectivity index is 2.09. The summed E-state index contributed by atoms with van der Waals surface area (Å²) in [5, 5.41) is 2.48. The minimum absolute atomic E-state index is 1.06. The smallest absolute Gasteiger partial charge is 0.0789 e. The average molecular weight is 323 g/mol. The average Bonchev–Trinajstić information content (AvgIpc) is 2.63. The monoisotopic (exact) mass is 323 g/mol. The molecule has 0 amide bonds. The van der Waals surface area contributed by atoms with E-state index >= 15 is 0 Å². The molecule has 0 aliphatic carbocycles. The number of aromatic nitrogens is 1. The lowest BCUT2D eigenvalue weighted by molar-refractivity contribution is 1.24. The molecule has 0 atom stereocenters. The van der Waals surface area contributed by atoms with Crippen LogP contribution in [-0.4, -0.2) is 4.98 Å². The zero-order valence-electron chi connectivity index (χ0n) is 14.9. The SMILES string of the molecule is Cc1ccc(-c2nc(C)c3ccccc3c2-c2ccc(C)cc2)cc1. The van der Waals surface area contributed by atoms with Crippen LogP contribution in [-0.2, 0) is 0 Å². The van der Waals surface area contributed by atoms with Crippen LogP contribution in [0.2, 0.25) is 0 Å². The summed E-state index contributed by atoms with van der Waals surface area (Å²) in [5.74, 6) is 0. The van der Waals surface area contributed by atoms with Gasteiger partial charge in [-0.15, -0.1) is 0 Å². The molecule has 1 heteroatoms. The molecule has 3 aromatic carbocycles. The number of aryl methyl sites for hydroxylation is 3. The minimum atomic E-state index is 1.06. The molecular formula is C24H21N. The molecule has 1 heterocycles.